The summed E-state index contributed by atoms with van der Waals surface area (Å²) in [6.07, 6.45) is 7.74. The summed E-state index contributed by atoms with van der Waals surface area (Å²) in [5.74, 6) is 0.931. The maximum Gasteiger partial charge on any atom is 0.244 e. The lowest BCUT2D eigenvalue weighted by Gasteiger charge is -2.33. The number of aromatic nitrogens is 3. The Kier molecular flexibility index (Phi) is 3.76. The van der Waals surface area contributed by atoms with Gasteiger partial charge in [0.1, 0.15) is 19.2 Å². The molecular weight excluding hydrogens is 216 g/mol. The zero-order chi connectivity index (χ0) is 12.3. The first-order valence-electron chi connectivity index (χ1n) is 6.25. The molecular formula is C12H20N4O. The van der Waals surface area contributed by atoms with Crippen molar-refractivity contribution in [1.29, 1.82) is 0 Å². The number of amides is 1. The van der Waals surface area contributed by atoms with Crippen LogP contribution in [0.15, 0.2) is 12.7 Å². The second-order valence-corrected chi connectivity index (χ2v) is 5.01. The van der Waals surface area contributed by atoms with Crippen LogP contribution >= 0.6 is 0 Å². The minimum Gasteiger partial charge on any atom is -0.341 e. The van der Waals surface area contributed by atoms with E-state index in [1.807, 2.05) is 11.9 Å². The van der Waals surface area contributed by atoms with Crippen molar-refractivity contribution < 1.29 is 4.79 Å². The molecule has 0 unspecified atom stereocenters. The fourth-order valence-corrected chi connectivity index (χ4v) is 2.40. The van der Waals surface area contributed by atoms with Gasteiger partial charge in [-0.05, 0) is 31.6 Å². The van der Waals surface area contributed by atoms with E-state index in [1.165, 1.54) is 19.2 Å². The Morgan fingerprint density at radius 2 is 2.12 bits per heavy atom. The zero-order valence-electron chi connectivity index (χ0n) is 10.5. The van der Waals surface area contributed by atoms with Crippen molar-refractivity contribution in [2.45, 2.75) is 45.2 Å². The third-order valence-corrected chi connectivity index (χ3v) is 3.69. The number of carbonyl (C=O) groups is 1. The van der Waals surface area contributed by atoms with Crippen molar-refractivity contribution in [2.75, 3.05) is 7.05 Å². The van der Waals surface area contributed by atoms with Gasteiger partial charge in [-0.15, -0.1) is 0 Å². The molecule has 1 aromatic heterocycles. The molecule has 1 amide bonds. The van der Waals surface area contributed by atoms with E-state index in [-0.39, 0.29) is 5.91 Å². The summed E-state index contributed by atoms with van der Waals surface area (Å²) in [6.45, 7) is 2.58. The lowest BCUT2D eigenvalue weighted by molar-refractivity contribution is -0.133. The fraction of sp³-hybridized carbons (Fsp3) is 0.750. The predicted octanol–water partition coefficient (Wildman–Crippen LogP) is 1.32. The normalized spacial score (nSPS) is 24.6. The van der Waals surface area contributed by atoms with Crippen LogP contribution in [-0.4, -0.2) is 38.7 Å². The van der Waals surface area contributed by atoms with Crippen molar-refractivity contribution in [2.24, 2.45) is 5.92 Å². The first kappa shape index (κ1) is 12.1. The van der Waals surface area contributed by atoms with Crippen molar-refractivity contribution in [1.82, 2.24) is 19.7 Å². The van der Waals surface area contributed by atoms with Gasteiger partial charge in [0.05, 0.1) is 0 Å². The molecule has 1 heterocycles. The van der Waals surface area contributed by atoms with Crippen LogP contribution in [0, 0.1) is 5.92 Å². The monoisotopic (exact) mass is 236 g/mol. The average Bonchev–Trinajstić information content (AvgIpc) is 2.82. The molecule has 1 fully saturated rings. The number of likely N-dealkylation sites (N-methyl/N-ethyl adjacent to an activating group) is 1. The molecule has 5 nitrogen and oxygen atoms in total. The molecule has 2 rings (SSSR count). The third-order valence-electron chi connectivity index (χ3n) is 3.69. The van der Waals surface area contributed by atoms with Gasteiger partial charge >= 0.3 is 0 Å². The number of hydrogen-bond donors (Lipinski definition) is 0. The summed E-state index contributed by atoms with van der Waals surface area (Å²) in [5, 5.41) is 3.95. The molecule has 1 saturated carbocycles. The Morgan fingerprint density at radius 3 is 2.71 bits per heavy atom. The molecule has 1 aliphatic rings. The van der Waals surface area contributed by atoms with Crippen LogP contribution in [0.2, 0.25) is 0 Å². The van der Waals surface area contributed by atoms with Gasteiger partial charge in [-0.25, -0.2) is 9.67 Å². The number of rotatable bonds is 3. The maximum absolute atomic E-state index is 12.0. The number of nitrogens with zero attached hydrogens (tertiary/aromatic N) is 4. The first-order valence-corrected chi connectivity index (χ1v) is 6.25. The molecule has 0 bridgehead atoms. The number of hydrogen-bond acceptors (Lipinski definition) is 3. The summed E-state index contributed by atoms with van der Waals surface area (Å²) in [7, 11) is 1.90. The van der Waals surface area contributed by atoms with Gasteiger partial charge < -0.3 is 4.90 Å². The standard InChI is InChI=1S/C12H20N4O/c1-10-3-5-11(6-4-10)15(2)12(17)7-16-9-13-8-14-16/h8-11H,3-7H2,1-2H3. The van der Waals surface area contributed by atoms with Crippen LogP contribution in [-0.2, 0) is 11.3 Å². The van der Waals surface area contributed by atoms with Gasteiger partial charge in [-0.2, -0.15) is 5.10 Å². The Bertz CT molecular complexity index is 355. The van der Waals surface area contributed by atoms with Crippen LogP contribution < -0.4 is 0 Å². The van der Waals surface area contributed by atoms with E-state index in [0.29, 0.717) is 12.6 Å². The van der Waals surface area contributed by atoms with Gasteiger partial charge in [0.25, 0.3) is 0 Å². The highest BCUT2D eigenvalue weighted by atomic mass is 16.2. The van der Waals surface area contributed by atoms with E-state index in [4.69, 9.17) is 0 Å². The molecule has 0 atom stereocenters. The second kappa shape index (κ2) is 5.29. The van der Waals surface area contributed by atoms with Crippen molar-refractivity contribution in [3.05, 3.63) is 12.7 Å². The van der Waals surface area contributed by atoms with E-state index in [1.54, 1.807) is 11.0 Å². The Balaban J connectivity index is 1.86. The van der Waals surface area contributed by atoms with Gasteiger partial charge in [0.2, 0.25) is 5.91 Å². The quantitative estimate of drug-likeness (QED) is 0.795. The third kappa shape index (κ3) is 3.05. The Hall–Kier alpha value is -1.39. The molecule has 0 spiro atoms. The molecule has 0 aliphatic heterocycles. The zero-order valence-corrected chi connectivity index (χ0v) is 10.5. The van der Waals surface area contributed by atoms with Gasteiger partial charge in [0, 0.05) is 13.1 Å². The van der Waals surface area contributed by atoms with E-state index < -0.39 is 0 Å². The minimum absolute atomic E-state index is 0.120. The molecule has 0 N–H and O–H groups in total. The van der Waals surface area contributed by atoms with E-state index in [2.05, 4.69) is 17.0 Å². The molecule has 0 radical (unpaired) electrons. The van der Waals surface area contributed by atoms with Crippen LogP contribution in [0.4, 0.5) is 0 Å². The van der Waals surface area contributed by atoms with Gasteiger partial charge in [-0.1, -0.05) is 6.92 Å². The summed E-state index contributed by atoms with van der Waals surface area (Å²) in [5.41, 5.74) is 0. The Labute approximate surface area is 102 Å². The first-order chi connectivity index (χ1) is 8.16. The highest BCUT2D eigenvalue weighted by Crippen LogP contribution is 2.26. The van der Waals surface area contributed by atoms with Crippen LogP contribution in [0.25, 0.3) is 0 Å². The maximum atomic E-state index is 12.0. The second-order valence-electron chi connectivity index (χ2n) is 5.01. The summed E-state index contributed by atoms with van der Waals surface area (Å²) in [4.78, 5) is 17.7. The summed E-state index contributed by atoms with van der Waals surface area (Å²) >= 11 is 0. The fourth-order valence-electron chi connectivity index (χ4n) is 2.40. The topological polar surface area (TPSA) is 51.0 Å². The minimum atomic E-state index is 0.120. The molecule has 0 aromatic carbocycles. The lowest BCUT2D eigenvalue weighted by atomic mass is 9.87. The highest BCUT2D eigenvalue weighted by Gasteiger charge is 2.24. The van der Waals surface area contributed by atoms with Crippen LogP contribution in [0.1, 0.15) is 32.6 Å². The van der Waals surface area contributed by atoms with Crippen LogP contribution in [0.3, 0.4) is 0 Å². The lowest BCUT2D eigenvalue weighted by Crippen LogP contribution is -2.41. The van der Waals surface area contributed by atoms with E-state index in [9.17, 15) is 4.79 Å². The summed E-state index contributed by atoms with van der Waals surface area (Å²) < 4.78 is 1.57. The molecule has 1 aromatic rings. The predicted molar refractivity (Wildman–Crippen MR) is 64.2 cm³/mol. The van der Waals surface area contributed by atoms with Crippen molar-refractivity contribution >= 4 is 5.91 Å². The SMILES string of the molecule is CC1CCC(N(C)C(=O)Cn2cncn2)CC1. The van der Waals surface area contributed by atoms with E-state index in [0.717, 1.165) is 18.8 Å². The van der Waals surface area contributed by atoms with Crippen molar-refractivity contribution in [3.8, 4) is 0 Å². The number of carbonyl (C=O) groups excluding carboxylic acids is 1. The molecule has 17 heavy (non-hydrogen) atoms. The molecule has 5 heteroatoms. The summed E-state index contributed by atoms with van der Waals surface area (Å²) in [6, 6.07) is 0.405. The highest BCUT2D eigenvalue weighted by molar-refractivity contribution is 5.75. The molecule has 0 saturated heterocycles. The van der Waals surface area contributed by atoms with Gasteiger partial charge in [-0.3, -0.25) is 4.79 Å². The van der Waals surface area contributed by atoms with Gasteiger partial charge in [0.15, 0.2) is 0 Å². The largest absolute Gasteiger partial charge is 0.341 e. The van der Waals surface area contributed by atoms with E-state index >= 15 is 0 Å². The van der Waals surface area contributed by atoms with Crippen LogP contribution in [0.5, 0.6) is 0 Å². The molecule has 1 aliphatic carbocycles. The smallest absolute Gasteiger partial charge is 0.244 e. The average molecular weight is 236 g/mol. The molecule has 94 valence electrons. The Morgan fingerprint density at radius 1 is 1.41 bits per heavy atom. The van der Waals surface area contributed by atoms with Crippen molar-refractivity contribution in [3.63, 3.8) is 0 Å².